The number of hydrogen-bond acceptors (Lipinski definition) is 5. The Labute approximate surface area is 164 Å². The van der Waals surface area contributed by atoms with E-state index in [1.807, 2.05) is 60.4 Å². The Hall–Kier alpha value is -3.04. The zero-order valence-electron chi connectivity index (χ0n) is 15.9. The number of hydrogen-bond donors (Lipinski definition) is 0. The normalized spacial score (nSPS) is 21.8. The molecule has 1 saturated heterocycles. The molecule has 1 amide bonds. The van der Waals surface area contributed by atoms with E-state index < -0.39 is 6.10 Å². The van der Waals surface area contributed by atoms with Crippen LogP contribution < -0.4 is 9.47 Å². The molecule has 0 radical (unpaired) electrons. The molecule has 4 rings (SSSR count). The molecule has 0 aliphatic carbocycles. The van der Waals surface area contributed by atoms with Gasteiger partial charge < -0.3 is 14.4 Å². The molecular weight excluding hydrogens is 354 g/mol. The molecule has 0 bridgehead atoms. The Balaban J connectivity index is 1.33. The summed E-state index contributed by atoms with van der Waals surface area (Å²) in [7, 11) is 0. The second-order valence-electron chi connectivity index (χ2n) is 7.22. The molecule has 2 aliphatic heterocycles. The molecule has 2 aliphatic rings. The number of para-hydroxylation sites is 2. The van der Waals surface area contributed by atoms with Crippen LogP contribution in [0.25, 0.3) is 0 Å². The lowest BCUT2D eigenvalue weighted by Gasteiger charge is -2.38. The number of fused-ring (bicyclic) bond motifs is 1. The molecular formula is C22H23N3O3. The van der Waals surface area contributed by atoms with Crippen molar-refractivity contribution in [3.63, 3.8) is 0 Å². The van der Waals surface area contributed by atoms with Crippen LogP contribution in [0.3, 0.4) is 0 Å². The third kappa shape index (κ3) is 3.80. The first kappa shape index (κ1) is 18.3. The van der Waals surface area contributed by atoms with Crippen LogP contribution in [0.2, 0.25) is 0 Å². The average Bonchev–Trinajstić information content (AvgIpc) is 2.74. The standard InChI is InChI=1S/C22H23N3O3/c1-16-21(28-20-5-3-2-4-19(20)27-16)22(26)25-12-10-24(11-13-25)15-18-8-6-17(14-23)7-9-18/h2-9,16,21H,10-13,15H2,1H3. The van der Waals surface area contributed by atoms with Gasteiger partial charge in [-0.1, -0.05) is 24.3 Å². The van der Waals surface area contributed by atoms with Crippen LogP contribution in [0.1, 0.15) is 18.1 Å². The summed E-state index contributed by atoms with van der Waals surface area (Å²) in [5.74, 6) is 1.30. The quantitative estimate of drug-likeness (QED) is 0.822. The number of nitrogens with zero attached hydrogens (tertiary/aromatic N) is 3. The van der Waals surface area contributed by atoms with E-state index in [9.17, 15) is 4.79 Å². The predicted molar refractivity (Wildman–Crippen MR) is 104 cm³/mol. The molecule has 144 valence electrons. The lowest BCUT2D eigenvalue weighted by atomic mass is 10.1. The first-order valence-corrected chi connectivity index (χ1v) is 9.56. The number of ether oxygens (including phenoxy) is 2. The van der Waals surface area contributed by atoms with Gasteiger partial charge in [0.15, 0.2) is 11.5 Å². The van der Waals surface area contributed by atoms with Gasteiger partial charge in [-0.2, -0.15) is 5.26 Å². The van der Waals surface area contributed by atoms with E-state index in [1.165, 1.54) is 5.56 Å². The summed E-state index contributed by atoms with van der Waals surface area (Å²) in [6, 6.07) is 17.3. The van der Waals surface area contributed by atoms with Crippen LogP contribution in [-0.2, 0) is 11.3 Å². The molecule has 0 N–H and O–H groups in total. The number of nitriles is 1. The maximum Gasteiger partial charge on any atom is 0.267 e. The van der Waals surface area contributed by atoms with Crippen molar-refractivity contribution >= 4 is 5.91 Å². The number of rotatable bonds is 3. The highest BCUT2D eigenvalue weighted by atomic mass is 16.6. The van der Waals surface area contributed by atoms with Gasteiger partial charge in [-0.25, -0.2) is 0 Å². The minimum Gasteiger partial charge on any atom is -0.482 e. The van der Waals surface area contributed by atoms with Crippen molar-refractivity contribution in [1.29, 1.82) is 5.26 Å². The number of carbonyl (C=O) groups excluding carboxylic acids is 1. The molecule has 2 atom stereocenters. The Kier molecular flexibility index (Phi) is 5.18. The lowest BCUT2D eigenvalue weighted by molar-refractivity contribution is -0.146. The van der Waals surface area contributed by atoms with E-state index in [2.05, 4.69) is 11.0 Å². The van der Waals surface area contributed by atoms with Crippen LogP contribution in [-0.4, -0.2) is 54.1 Å². The monoisotopic (exact) mass is 377 g/mol. The largest absolute Gasteiger partial charge is 0.482 e. The minimum atomic E-state index is -0.611. The zero-order chi connectivity index (χ0) is 19.5. The maximum absolute atomic E-state index is 13.0. The highest BCUT2D eigenvalue weighted by Crippen LogP contribution is 2.34. The Morgan fingerprint density at radius 3 is 2.32 bits per heavy atom. The van der Waals surface area contributed by atoms with Gasteiger partial charge in [0.1, 0.15) is 6.10 Å². The molecule has 2 aromatic carbocycles. The smallest absolute Gasteiger partial charge is 0.267 e. The Morgan fingerprint density at radius 2 is 1.68 bits per heavy atom. The molecule has 6 heteroatoms. The van der Waals surface area contributed by atoms with Gasteiger partial charge in [0.05, 0.1) is 11.6 Å². The molecule has 2 aromatic rings. The fourth-order valence-electron chi connectivity index (χ4n) is 3.64. The van der Waals surface area contributed by atoms with Crippen molar-refractivity contribution < 1.29 is 14.3 Å². The van der Waals surface area contributed by atoms with E-state index in [0.717, 1.165) is 19.6 Å². The summed E-state index contributed by atoms with van der Waals surface area (Å²) in [4.78, 5) is 17.2. The van der Waals surface area contributed by atoms with Crippen LogP contribution >= 0.6 is 0 Å². The Bertz CT molecular complexity index is 883. The third-order valence-electron chi connectivity index (χ3n) is 5.26. The summed E-state index contributed by atoms with van der Waals surface area (Å²) in [5, 5.41) is 8.89. The summed E-state index contributed by atoms with van der Waals surface area (Å²) < 4.78 is 11.8. The predicted octanol–water partition coefficient (Wildman–Crippen LogP) is 2.43. The second-order valence-corrected chi connectivity index (χ2v) is 7.22. The third-order valence-corrected chi connectivity index (χ3v) is 5.26. The molecule has 2 unspecified atom stereocenters. The summed E-state index contributed by atoms with van der Waals surface area (Å²) in [6.45, 7) is 5.65. The van der Waals surface area contributed by atoms with Crippen LogP contribution in [0.4, 0.5) is 0 Å². The van der Waals surface area contributed by atoms with Gasteiger partial charge in [0, 0.05) is 32.7 Å². The van der Waals surface area contributed by atoms with Gasteiger partial charge in [-0.05, 0) is 36.8 Å². The van der Waals surface area contributed by atoms with E-state index in [-0.39, 0.29) is 12.0 Å². The highest BCUT2D eigenvalue weighted by Gasteiger charge is 2.37. The van der Waals surface area contributed by atoms with Gasteiger partial charge in [0.2, 0.25) is 6.10 Å². The number of amides is 1. The summed E-state index contributed by atoms with van der Waals surface area (Å²) >= 11 is 0. The first-order chi connectivity index (χ1) is 13.6. The molecule has 1 fully saturated rings. The number of piperazine rings is 1. The van der Waals surface area contributed by atoms with Gasteiger partial charge in [-0.15, -0.1) is 0 Å². The molecule has 2 heterocycles. The van der Waals surface area contributed by atoms with E-state index in [4.69, 9.17) is 14.7 Å². The second kappa shape index (κ2) is 7.91. The molecule has 0 saturated carbocycles. The van der Waals surface area contributed by atoms with Crippen LogP contribution in [0.15, 0.2) is 48.5 Å². The lowest BCUT2D eigenvalue weighted by Crippen LogP contribution is -2.55. The van der Waals surface area contributed by atoms with E-state index in [0.29, 0.717) is 30.2 Å². The topological polar surface area (TPSA) is 65.8 Å². The molecule has 6 nitrogen and oxygen atoms in total. The van der Waals surface area contributed by atoms with Gasteiger partial charge in [0.25, 0.3) is 5.91 Å². The zero-order valence-corrected chi connectivity index (χ0v) is 15.9. The Morgan fingerprint density at radius 1 is 1.04 bits per heavy atom. The fraction of sp³-hybridized carbons (Fsp3) is 0.364. The molecule has 0 aromatic heterocycles. The van der Waals surface area contributed by atoms with Crippen molar-refractivity contribution in [3.8, 4) is 17.6 Å². The molecule has 28 heavy (non-hydrogen) atoms. The first-order valence-electron chi connectivity index (χ1n) is 9.56. The van der Waals surface area contributed by atoms with Crippen LogP contribution in [0, 0.1) is 11.3 Å². The SMILES string of the molecule is CC1Oc2ccccc2OC1C(=O)N1CCN(Cc2ccc(C#N)cc2)CC1. The van der Waals surface area contributed by atoms with Crippen molar-refractivity contribution in [2.45, 2.75) is 25.7 Å². The van der Waals surface area contributed by atoms with E-state index >= 15 is 0 Å². The van der Waals surface area contributed by atoms with Crippen molar-refractivity contribution in [2.75, 3.05) is 26.2 Å². The average molecular weight is 377 g/mol. The van der Waals surface area contributed by atoms with Crippen molar-refractivity contribution in [1.82, 2.24) is 9.80 Å². The highest BCUT2D eigenvalue weighted by molar-refractivity contribution is 5.82. The maximum atomic E-state index is 13.0. The summed E-state index contributed by atoms with van der Waals surface area (Å²) in [5.41, 5.74) is 1.84. The van der Waals surface area contributed by atoms with E-state index in [1.54, 1.807) is 0 Å². The fourth-order valence-corrected chi connectivity index (χ4v) is 3.64. The number of carbonyl (C=O) groups is 1. The minimum absolute atomic E-state index is 0.0139. The van der Waals surface area contributed by atoms with Gasteiger partial charge >= 0.3 is 0 Å². The van der Waals surface area contributed by atoms with Gasteiger partial charge in [-0.3, -0.25) is 9.69 Å². The summed E-state index contributed by atoms with van der Waals surface area (Å²) in [6.07, 6.45) is -0.931. The number of benzene rings is 2. The van der Waals surface area contributed by atoms with Crippen molar-refractivity contribution in [2.24, 2.45) is 0 Å². The molecule has 0 spiro atoms. The van der Waals surface area contributed by atoms with Crippen molar-refractivity contribution in [3.05, 3.63) is 59.7 Å². The van der Waals surface area contributed by atoms with Crippen LogP contribution in [0.5, 0.6) is 11.5 Å².